The van der Waals surface area contributed by atoms with Gasteiger partial charge in [0.05, 0.1) is 0 Å². The molecular weight excluding hydrogens is 185 g/mol. The second-order valence-corrected chi connectivity index (χ2v) is 1.76. The van der Waals surface area contributed by atoms with Gasteiger partial charge < -0.3 is 11.3 Å². The molecule has 56 valence electrons. The van der Waals surface area contributed by atoms with E-state index in [9.17, 15) is 0 Å². The van der Waals surface area contributed by atoms with Crippen molar-refractivity contribution < 1.29 is 9.90 Å². The topological polar surface area (TPSA) is 72.3 Å². The largest absolute Gasteiger partial charge is 0.481 e. The Morgan fingerprint density at radius 2 is 2.00 bits per heavy atom. The van der Waals surface area contributed by atoms with E-state index in [4.69, 9.17) is 9.90 Å². The third kappa shape index (κ3) is 524. The summed E-state index contributed by atoms with van der Waals surface area (Å²) in [5, 5.41) is 8.44. The van der Waals surface area contributed by atoms with Gasteiger partial charge in [0.1, 0.15) is 0 Å². The molecule has 0 radical (unpaired) electrons. The third-order valence-corrected chi connectivity index (χ3v) is 0.671. The van der Waals surface area contributed by atoms with Gasteiger partial charge in [-0.15, -0.1) is 0 Å². The van der Waals surface area contributed by atoms with Crippen molar-refractivity contribution in [2.24, 2.45) is 0 Å². The smallest absolute Gasteiger partial charge is 0.300 e. The predicted molar refractivity (Wildman–Crippen MR) is 40.5 cm³/mol. The summed E-state index contributed by atoms with van der Waals surface area (Å²) in [6, 6.07) is 0. The standard InChI is InChI=1S/C3H6Se.C2H4O2.H3N/c1-2-3-4;1-2(3)4;/h2,4H,1,3H2;1H3,(H,3,4);1H3. The first-order valence-corrected chi connectivity index (χ1v) is 3.39. The molecule has 0 aromatic heterocycles. The van der Waals surface area contributed by atoms with E-state index in [1.54, 1.807) is 0 Å². The van der Waals surface area contributed by atoms with E-state index < -0.39 is 5.97 Å². The van der Waals surface area contributed by atoms with Crippen LogP contribution in [0.4, 0.5) is 0 Å². The zero-order valence-electron chi connectivity index (χ0n) is 5.50. The third-order valence-electron chi connectivity index (χ3n) is 0.129. The van der Waals surface area contributed by atoms with Crippen LogP contribution in [0.5, 0.6) is 0 Å². The molecule has 3 nitrogen and oxygen atoms in total. The van der Waals surface area contributed by atoms with E-state index in [0.29, 0.717) is 0 Å². The van der Waals surface area contributed by atoms with Gasteiger partial charge in [0.2, 0.25) is 0 Å². The van der Waals surface area contributed by atoms with E-state index in [0.717, 1.165) is 12.2 Å². The summed E-state index contributed by atoms with van der Waals surface area (Å²) in [7, 11) is 0. The molecule has 0 aliphatic carbocycles. The summed E-state index contributed by atoms with van der Waals surface area (Å²) in [5.41, 5.74) is 0. The van der Waals surface area contributed by atoms with Gasteiger partial charge in [0.15, 0.2) is 0 Å². The van der Waals surface area contributed by atoms with Gasteiger partial charge in [-0.25, -0.2) is 0 Å². The predicted octanol–water partition coefficient (Wildman–Crippen LogP) is 0.744. The molecule has 0 heterocycles. The van der Waals surface area contributed by atoms with Crippen molar-refractivity contribution in [3.8, 4) is 0 Å². The van der Waals surface area contributed by atoms with Gasteiger partial charge in [0.25, 0.3) is 5.97 Å². The Labute approximate surface area is 63.5 Å². The Kier molecular flexibility index (Phi) is 27.6. The van der Waals surface area contributed by atoms with Crippen LogP contribution in [0.1, 0.15) is 6.92 Å². The Balaban J connectivity index is -0.0000000720. The first kappa shape index (κ1) is 15.9. The summed E-state index contributed by atoms with van der Waals surface area (Å²) in [6.45, 7) is 4.55. The van der Waals surface area contributed by atoms with Gasteiger partial charge in [-0.1, -0.05) is 0 Å². The summed E-state index contributed by atoms with van der Waals surface area (Å²) in [6.07, 6.45) is 1.85. The molecule has 0 saturated heterocycles. The van der Waals surface area contributed by atoms with Crippen LogP contribution in [0.3, 0.4) is 0 Å². The average molecular weight is 198 g/mol. The number of hydrogen-bond acceptors (Lipinski definition) is 2. The molecule has 0 bridgehead atoms. The summed E-state index contributed by atoms with van der Waals surface area (Å²) < 4.78 is 0. The molecule has 4 heteroatoms. The number of carboxylic acids is 1. The summed E-state index contributed by atoms with van der Waals surface area (Å²) in [4.78, 5) is 9.00. The Morgan fingerprint density at radius 1 is 1.89 bits per heavy atom. The fourth-order valence-corrected chi connectivity index (χ4v) is 0. The van der Waals surface area contributed by atoms with Crippen LogP contribution in [0, 0.1) is 0 Å². The van der Waals surface area contributed by atoms with Crippen LogP contribution in [0.2, 0.25) is 5.32 Å². The molecule has 0 spiro atoms. The van der Waals surface area contributed by atoms with Crippen molar-refractivity contribution in [3.63, 3.8) is 0 Å². The van der Waals surface area contributed by atoms with Gasteiger partial charge in [-0.05, 0) is 0 Å². The molecular formula is C5H13NO2Se. The van der Waals surface area contributed by atoms with Crippen molar-refractivity contribution >= 4 is 22.0 Å². The van der Waals surface area contributed by atoms with Crippen LogP contribution in [0.25, 0.3) is 0 Å². The van der Waals surface area contributed by atoms with Gasteiger partial charge in [-0.3, -0.25) is 4.79 Å². The van der Waals surface area contributed by atoms with Gasteiger partial charge >= 0.3 is 34.0 Å². The summed E-state index contributed by atoms with van der Waals surface area (Å²) in [5.74, 6) is -0.833. The summed E-state index contributed by atoms with van der Waals surface area (Å²) >= 11 is 2.42. The van der Waals surface area contributed by atoms with E-state index in [1.807, 2.05) is 6.08 Å². The van der Waals surface area contributed by atoms with Crippen LogP contribution >= 0.6 is 0 Å². The molecule has 0 rings (SSSR count). The van der Waals surface area contributed by atoms with Crippen LogP contribution in [-0.2, 0) is 4.79 Å². The van der Waals surface area contributed by atoms with E-state index >= 15 is 0 Å². The maximum Gasteiger partial charge on any atom is 0.300 e. The zero-order valence-corrected chi connectivity index (χ0v) is 7.38. The Morgan fingerprint density at radius 3 is 2.00 bits per heavy atom. The molecule has 0 unspecified atom stereocenters. The van der Waals surface area contributed by atoms with Crippen molar-refractivity contribution in [3.05, 3.63) is 12.7 Å². The second-order valence-electron chi connectivity index (χ2n) is 0.990. The SMILES string of the molecule is C=CC[SeH].CC(=O)O.N. The molecule has 0 aliphatic rings. The molecule has 0 fully saturated rings. The molecule has 0 aromatic rings. The maximum atomic E-state index is 9.00. The van der Waals surface area contributed by atoms with E-state index in [2.05, 4.69) is 22.6 Å². The van der Waals surface area contributed by atoms with Gasteiger partial charge in [0, 0.05) is 6.92 Å². The molecule has 0 saturated carbocycles. The van der Waals surface area contributed by atoms with Crippen molar-refractivity contribution in [1.82, 2.24) is 6.15 Å². The molecule has 0 amide bonds. The maximum absolute atomic E-state index is 9.00. The first-order valence-electron chi connectivity index (χ1n) is 2.06. The number of carboxylic acid groups (broad SMARTS) is 1. The zero-order chi connectivity index (χ0) is 6.99. The number of aliphatic carboxylic acids is 1. The Bertz CT molecular complexity index is 71.4. The van der Waals surface area contributed by atoms with Crippen molar-refractivity contribution in [2.45, 2.75) is 12.2 Å². The average Bonchev–Trinajstić information content (AvgIpc) is 1.65. The van der Waals surface area contributed by atoms with Gasteiger partial charge in [-0.2, -0.15) is 0 Å². The van der Waals surface area contributed by atoms with E-state index in [1.165, 1.54) is 0 Å². The minimum atomic E-state index is -0.833. The molecule has 4 N–H and O–H groups in total. The number of rotatable bonds is 1. The molecule has 0 atom stereocenters. The fourth-order valence-electron chi connectivity index (χ4n) is 0. The molecule has 0 aromatic carbocycles. The van der Waals surface area contributed by atoms with Crippen LogP contribution in [0.15, 0.2) is 12.7 Å². The number of carbonyl (C=O) groups is 1. The van der Waals surface area contributed by atoms with Crippen LogP contribution in [-0.4, -0.2) is 27.1 Å². The van der Waals surface area contributed by atoms with Crippen molar-refractivity contribution in [1.29, 1.82) is 0 Å². The fraction of sp³-hybridized carbons (Fsp3) is 0.400. The number of hydrogen-bond donors (Lipinski definition) is 2. The minimum absolute atomic E-state index is 0. The normalized spacial score (nSPS) is 5.56. The van der Waals surface area contributed by atoms with Crippen LogP contribution < -0.4 is 6.15 Å². The quantitative estimate of drug-likeness (QED) is 0.482. The number of allylic oxidation sites excluding steroid dienone is 1. The monoisotopic (exact) mass is 199 g/mol. The second kappa shape index (κ2) is 15.6. The Hall–Kier alpha value is -0.311. The van der Waals surface area contributed by atoms with E-state index in [-0.39, 0.29) is 6.15 Å². The molecule has 9 heavy (non-hydrogen) atoms. The van der Waals surface area contributed by atoms with Crippen molar-refractivity contribution in [2.75, 3.05) is 0 Å². The minimum Gasteiger partial charge on any atom is -0.481 e. The molecule has 0 aliphatic heterocycles. The first-order chi connectivity index (χ1) is 3.65.